The molecule has 1 heterocycles. The van der Waals surface area contributed by atoms with Crippen molar-refractivity contribution in [2.75, 3.05) is 6.61 Å². The SMILES string of the molecule is CC(=O)OC[C@@H]1O[C@@H](SC(C)(C)C)[C@H](OC(C)=O)[C@@H](OC(C)=O)[C@@H]1OC(C)=O. The summed E-state index contributed by atoms with van der Waals surface area (Å²) in [5.41, 5.74) is -0.749. The van der Waals surface area contributed by atoms with Crippen LogP contribution in [-0.4, -0.2) is 65.1 Å². The van der Waals surface area contributed by atoms with Crippen molar-refractivity contribution in [1.82, 2.24) is 0 Å². The zero-order valence-electron chi connectivity index (χ0n) is 17.2. The maximum atomic E-state index is 11.7. The zero-order chi connectivity index (χ0) is 21.6. The highest BCUT2D eigenvalue weighted by Crippen LogP contribution is 2.39. The van der Waals surface area contributed by atoms with Crippen LogP contribution in [0.5, 0.6) is 0 Å². The molecule has 0 spiro atoms. The summed E-state index contributed by atoms with van der Waals surface area (Å²) in [4.78, 5) is 46.3. The van der Waals surface area contributed by atoms with Gasteiger partial charge in [-0.25, -0.2) is 0 Å². The Labute approximate surface area is 168 Å². The third kappa shape index (κ3) is 8.05. The normalized spacial score (nSPS) is 27.5. The summed E-state index contributed by atoms with van der Waals surface area (Å²) in [7, 11) is 0. The Balaban J connectivity index is 3.33. The van der Waals surface area contributed by atoms with Gasteiger partial charge in [-0.15, -0.1) is 11.8 Å². The van der Waals surface area contributed by atoms with E-state index < -0.39 is 53.7 Å². The quantitative estimate of drug-likeness (QED) is 0.463. The number of rotatable bonds is 6. The lowest BCUT2D eigenvalue weighted by Gasteiger charge is -2.45. The van der Waals surface area contributed by atoms with Gasteiger partial charge in [0.1, 0.15) is 18.1 Å². The Bertz CT molecular complexity index is 598. The molecule has 0 saturated carbocycles. The molecular formula is C18H28O9S. The van der Waals surface area contributed by atoms with Crippen molar-refractivity contribution in [2.45, 2.75) is 83.1 Å². The Morgan fingerprint density at radius 3 is 1.68 bits per heavy atom. The minimum atomic E-state index is -1.13. The van der Waals surface area contributed by atoms with Crippen LogP contribution < -0.4 is 0 Å². The van der Waals surface area contributed by atoms with Gasteiger partial charge in [-0.05, 0) is 0 Å². The maximum Gasteiger partial charge on any atom is 0.303 e. The van der Waals surface area contributed by atoms with E-state index in [0.717, 1.165) is 0 Å². The first-order valence-electron chi connectivity index (χ1n) is 8.78. The van der Waals surface area contributed by atoms with Crippen LogP contribution >= 0.6 is 11.8 Å². The summed E-state index contributed by atoms with van der Waals surface area (Å²) in [6.07, 6.45) is -4.19. The number of carbonyl (C=O) groups is 4. The molecule has 0 aliphatic carbocycles. The monoisotopic (exact) mass is 420 g/mol. The molecule has 1 aliphatic rings. The second-order valence-corrected chi connectivity index (χ2v) is 9.22. The van der Waals surface area contributed by atoms with Gasteiger partial charge in [-0.2, -0.15) is 0 Å². The predicted molar refractivity (Wildman–Crippen MR) is 99.3 cm³/mol. The summed E-state index contributed by atoms with van der Waals surface area (Å²) in [5.74, 6) is -2.45. The minimum Gasteiger partial charge on any atom is -0.463 e. The molecule has 0 unspecified atom stereocenters. The molecule has 1 fully saturated rings. The van der Waals surface area contributed by atoms with E-state index in [1.165, 1.54) is 39.5 Å². The predicted octanol–water partition coefficient (Wildman–Crippen LogP) is 1.60. The third-order valence-corrected chi connectivity index (χ3v) is 4.74. The lowest BCUT2D eigenvalue weighted by atomic mass is 9.99. The van der Waals surface area contributed by atoms with Gasteiger partial charge in [0.2, 0.25) is 0 Å². The minimum absolute atomic E-state index is 0.223. The molecule has 1 saturated heterocycles. The summed E-state index contributed by atoms with van der Waals surface area (Å²) in [6.45, 7) is 10.4. The van der Waals surface area contributed by atoms with Crippen molar-refractivity contribution in [3.8, 4) is 0 Å². The van der Waals surface area contributed by atoms with E-state index in [9.17, 15) is 19.2 Å². The number of carbonyl (C=O) groups excluding carboxylic acids is 4. The lowest BCUT2D eigenvalue weighted by molar-refractivity contribution is -0.237. The van der Waals surface area contributed by atoms with Crippen LogP contribution in [0.2, 0.25) is 0 Å². The van der Waals surface area contributed by atoms with Gasteiger partial charge in [0.15, 0.2) is 18.3 Å². The number of hydrogen-bond donors (Lipinski definition) is 0. The Kier molecular flexibility index (Phi) is 8.75. The summed E-state index contributed by atoms with van der Waals surface area (Å²) in [6, 6.07) is 0. The van der Waals surface area contributed by atoms with E-state index in [2.05, 4.69) is 0 Å². The van der Waals surface area contributed by atoms with Gasteiger partial charge in [0.25, 0.3) is 0 Å². The van der Waals surface area contributed by atoms with E-state index in [1.54, 1.807) is 0 Å². The Morgan fingerprint density at radius 2 is 1.25 bits per heavy atom. The molecule has 0 aromatic carbocycles. The first-order valence-corrected chi connectivity index (χ1v) is 9.66. The average Bonchev–Trinajstić information content (AvgIpc) is 2.48. The fraction of sp³-hybridized carbons (Fsp3) is 0.778. The summed E-state index contributed by atoms with van der Waals surface area (Å²) < 4.78 is 26.8. The van der Waals surface area contributed by atoms with Gasteiger partial charge in [0, 0.05) is 32.4 Å². The summed E-state index contributed by atoms with van der Waals surface area (Å²) in [5, 5.41) is 0. The number of hydrogen-bond acceptors (Lipinski definition) is 10. The van der Waals surface area contributed by atoms with Crippen LogP contribution in [0.1, 0.15) is 48.5 Å². The second kappa shape index (κ2) is 10.1. The molecule has 9 nitrogen and oxygen atoms in total. The van der Waals surface area contributed by atoms with Gasteiger partial charge in [-0.1, -0.05) is 20.8 Å². The van der Waals surface area contributed by atoms with Gasteiger partial charge in [-0.3, -0.25) is 19.2 Å². The molecule has 1 rings (SSSR count). The summed E-state index contributed by atoms with van der Waals surface area (Å²) >= 11 is 1.35. The Hall–Kier alpha value is -1.81. The number of esters is 4. The van der Waals surface area contributed by atoms with Crippen LogP contribution in [0, 0.1) is 0 Å². The van der Waals surface area contributed by atoms with Gasteiger partial charge in [0.05, 0.1) is 0 Å². The molecule has 28 heavy (non-hydrogen) atoms. The van der Waals surface area contributed by atoms with Crippen LogP contribution in [0.3, 0.4) is 0 Å². The van der Waals surface area contributed by atoms with Crippen molar-refractivity contribution < 1.29 is 42.9 Å². The molecular weight excluding hydrogens is 392 g/mol. The number of thioether (sulfide) groups is 1. The largest absolute Gasteiger partial charge is 0.463 e. The molecule has 0 N–H and O–H groups in total. The van der Waals surface area contributed by atoms with Crippen molar-refractivity contribution in [1.29, 1.82) is 0 Å². The fourth-order valence-electron chi connectivity index (χ4n) is 2.63. The highest BCUT2D eigenvalue weighted by Gasteiger charge is 2.53. The standard InChI is InChI=1S/C18H28O9S/c1-9(19)23-8-13-14(24-10(2)20)15(25-11(3)21)16(26-12(4)22)17(27-13)28-18(5,6)7/h13-17H,8H2,1-7H3/t13-,14+,15-,16+,17-/m0/s1. The molecule has 5 atom stereocenters. The zero-order valence-corrected chi connectivity index (χ0v) is 18.0. The van der Waals surface area contributed by atoms with E-state index in [4.69, 9.17) is 23.7 Å². The third-order valence-electron chi connectivity index (χ3n) is 3.42. The van der Waals surface area contributed by atoms with Crippen molar-refractivity contribution in [2.24, 2.45) is 0 Å². The van der Waals surface area contributed by atoms with Gasteiger partial charge < -0.3 is 23.7 Å². The molecule has 0 aromatic heterocycles. The molecule has 160 valence electrons. The Morgan fingerprint density at radius 1 is 0.786 bits per heavy atom. The second-order valence-electron chi connectivity index (χ2n) is 7.30. The van der Waals surface area contributed by atoms with Crippen LogP contribution in [0.15, 0.2) is 0 Å². The molecule has 0 aromatic rings. The van der Waals surface area contributed by atoms with Crippen molar-refractivity contribution >= 4 is 35.6 Å². The molecule has 10 heteroatoms. The average molecular weight is 420 g/mol. The molecule has 0 radical (unpaired) electrons. The van der Waals surface area contributed by atoms with E-state index in [0.29, 0.717) is 0 Å². The van der Waals surface area contributed by atoms with Crippen LogP contribution in [-0.2, 0) is 42.9 Å². The lowest BCUT2D eigenvalue weighted by Crippen LogP contribution is -2.62. The fourth-order valence-corrected chi connectivity index (χ4v) is 3.87. The molecule has 1 aliphatic heterocycles. The van der Waals surface area contributed by atoms with Crippen molar-refractivity contribution in [3.05, 3.63) is 0 Å². The number of ether oxygens (including phenoxy) is 5. The molecule has 0 bridgehead atoms. The molecule has 0 amide bonds. The highest BCUT2D eigenvalue weighted by molar-refractivity contribution is 8.01. The topological polar surface area (TPSA) is 114 Å². The van der Waals surface area contributed by atoms with E-state index in [-0.39, 0.29) is 11.4 Å². The van der Waals surface area contributed by atoms with Crippen LogP contribution in [0.4, 0.5) is 0 Å². The first kappa shape index (κ1) is 24.2. The van der Waals surface area contributed by atoms with Crippen molar-refractivity contribution in [3.63, 3.8) is 0 Å². The van der Waals surface area contributed by atoms with E-state index >= 15 is 0 Å². The maximum absolute atomic E-state index is 11.7. The smallest absolute Gasteiger partial charge is 0.303 e. The van der Waals surface area contributed by atoms with Gasteiger partial charge >= 0.3 is 23.9 Å². The highest BCUT2D eigenvalue weighted by atomic mass is 32.2. The van der Waals surface area contributed by atoms with Crippen LogP contribution in [0.25, 0.3) is 0 Å². The first-order chi connectivity index (χ1) is 12.8. The van der Waals surface area contributed by atoms with E-state index in [1.807, 2.05) is 20.8 Å².